The summed E-state index contributed by atoms with van der Waals surface area (Å²) in [7, 11) is 0. The summed E-state index contributed by atoms with van der Waals surface area (Å²) in [5.41, 5.74) is 4.50. The standard InChI is InChI=1S/C18H19N3O3/c1-3-24-18(23)21-20-16(14-11-9-13(2)10-12-14)19-17(22)15-7-5-4-6-8-15/h4-12H,3H2,1-2H3,(H,21,23)(H,19,20,22). The van der Waals surface area contributed by atoms with E-state index in [1.54, 1.807) is 31.2 Å². The average Bonchev–Trinajstić information content (AvgIpc) is 2.60. The van der Waals surface area contributed by atoms with Crippen molar-refractivity contribution >= 4 is 17.8 Å². The van der Waals surface area contributed by atoms with Crippen LogP contribution in [0.15, 0.2) is 59.7 Å². The van der Waals surface area contributed by atoms with Crippen LogP contribution < -0.4 is 10.7 Å². The van der Waals surface area contributed by atoms with Gasteiger partial charge in [-0.15, -0.1) is 0 Å². The molecule has 124 valence electrons. The Hall–Kier alpha value is -3.15. The number of amidine groups is 1. The van der Waals surface area contributed by atoms with Crippen LogP contribution in [0.3, 0.4) is 0 Å². The third-order valence-electron chi connectivity index (χ3n) is 3.13. The molecule has 0 fully saturated rings. The molecule has 2 aromatic rings. The minimum absolute atomic E-state index is 0.233. The minimum Gasteiger partial charge on any atom is -0.449 e. The largest absolute Gasteiger partial charge is 0.449 e. The first-order valence-electron chi connectivity index (χ1n) is 7.54. The number of carbonyl (C=O) groups is 2. The fourth-order valence-electron chi connectivity index (χ4n) is 1.91. The summed E-state index contributed by atoms with van der Waals surface area (Å²) in [4.78, 5) is 23.8. The second kappa shape index (κ2) is 8.47. The van der Waals surface area contributed by atoms with Gasteiger partial charge in [0.25, 0.3) is 5.91 Å². The molecule has 0 heterocycles. The molecule has 2 aromatic carbocycles. The van der Waals surface area contributed by atoms with E-state index < -0.39 is 6.09 Å². The number of benzene rings is 2. The van der Waals surface area contributed by atoms with Gasteiger partial charge in [-0.25, -0.2) is 10.2 Å². The maximum Gasteiger partial charge on any atom is 0.427 e. The summed E-state index contributed by atoms with van der Waals surface area (Å²) in [5, 5.41) is 6.68. The van der Waals surface area contributed by atoms with Crippen molar-refractivity contribution in [3.05, 3.63) is 71.3 Å². The van der Waals surface area contributed by atoms with Crippen molar-refractivity contribution in [2.75, 3.05) is 6.61 Å². The molecule has 0 radical (unpaired) electrons. The van der Waals surface area contributed by atoms with Crippen LogP contribution >= 0.6 is 0 Å². The molecule has 2 amide bonds. The molecule has 24 heavy (non-hydrogen) atoms. The first-order valence-corrected chi connectivity index (χ1v) is 7.54. The Morgan fingerprint density at radius 2 is 1.67 bits per heavy atom. The van der Waals surface area contributed by atoms with Crippen molar-refractivity contribution in [1.82, 2.24) is 10.7 Å². The first kappa shape index (κ1) is 17.2. The van der Waals surface area contributed by atoms with Gasteiger partial charge in [0.15, 0.2) is 5.84 Å². The molecule has 0 aliphatic carbocycles. The van der Waals surface area contributed by atoms with Gasteiger partial charge in [-0.1, -0.05) is 48.0 Å². The molecule has 0 atom stereocenters. The zero-order valence-electron chi connectivity index (χ0n) is 13.6. The lowest BCUT2D eigenvalue weighted by atomic mass is 10.1. The van der Waals surface area contributed by atoms with Gasteiger partial charge in [0.1, 0.15) is 0 Å². The lowest BCUT2D eigenvalue weighted by Gasteiger charge is -2.10. The van der Waals surface area contributed by atoms with Crippen molar-refractivity contribution in [2.45, 2.75) is 13.8 Å². The molecule has 0 aromatic heterocycles. The number of hydrogen-bond acceptors (Lipinski definition) is 4. The monoisotopic (exact) mass is 325 g/mol. The van der Waals surface area contributed by atoms with Gasteiger partial charge in [-0.3, -0.25) is 4.79 Å². The van der Waals surface area contributed by atoms with E-state index in [0.29, 0.717) is 11.1 Å². The van der Waals surface area contributed by atoms with Crippen LogP contribution in [-0.2, 0) is 4.74 Å². The zero-order valence-corrected chi connectivity index (χ0v) is 13.6. The molecule has 0 saturated carbocycles. The molecule has 2 N–H and O–H groups in total. The number of nitrogens with zero attached hydrogens (tertiary/aromatic N) is 1. The van der Waals surface area contributed by atoms with Crippen LogP contribution in [0.4, 0.5) is 4.79 Å². The molecule has 6 nitrogen and oxygen atoms in total. The van der Waals surface area contributed by atoms with Crippen molar-refractivity contribution in [2.24, 2.45) is 5.10 Å². The first-order chi connectivity index (χ1) is 11.6. The number of hydrogen-bond donors (Lipinski definition) is 2. The smallest absolute Gasteiger partial charge is 0.427 e. The number of hydrazone groups is 1. The van der Waals surface area contributed by atoms with Crippen molar-refractivity contribution in [3.8, 4) is 0 Å². The third-order valence-corrected chi connectivity index (χ3v) is 3.13. The molecule has 0 aliphatic heterocycles. The maximum atomic E-state index is 12.3. The molecule has 2 rings (SSSR count). The van der Waals surface area contributed by atoms with Crippen LogP contribution in [0.25, 0.3) is 0 Å². The van der Waals surface area contributed by atoms with E-state index in [4.69, 9.17) is 4.74 Å². The van der Waals surface area contributed by atoms with E-state index in [1.165, 1.54) is 0 Å². The van der Waals surface area contributed by atoms with Gasteiger partial charge in [-0.2, -0.15) is 5.10 Å². The van der Waals surface area contributed by atoms with E-state index >= 15 is 0 Å². The minimum atomic E-state index is -0.684. The van der Waals surface area contributed by atoms with Crippen LogP contribution in [0.2, 0.25) is 0 Å². The second-order valence-electron chi connectivity index (χ2n) is 4.98. The van der Waals surface area contributed by atoms with E-state index in [1.807, 2.05) is 37.3 Å². The molecule has 6 heteroatoms. The Bertz CT molecular complexity index is 725. The van der Waals surface area contributed by atoms with Gasteiger partial charge in [0.2, 0.25) is 0 Å². The molecule has 0 unspecified atom stereocenters. The lowest BCUT2D eigenvalue weighted by molar-refractivity contribution is 0.0976. The zero-order chi connectivity index (χ0) is 17.4. The van der Waals surface area contributed by atoms with Crippen LogP contribution in [0.5, 0.6) is 0 Å². The maximum absolute atomic E-state index is 12.3. The lowest BCUT2D eigenvalue weighted by Crippen LogP contribution is -2.34. The van der Waals surface area contributed by atoms with Crippen LogP contribution in [0, 0.1) is 6.92 Å². The summed E-state index contributed by atoms with van der Waals surface area (Å²) >= 11 is 0. The quantitative estimate of drug-likeness (QED) is 0.515. The highest BCUT2D eigenvalue weighted by Crippen LogP contribution is 2.05. The summed E-state index contributed by atoms with van der Waals surface area (Å²) < 4.78 is 4.77. The number of rotatable bonds is 4. The summed E-state index contributed by atoms with van der Waals surface area (Å²) in [6.07, 6.45) is -0.684. The number of amides is 2. The van der Waals surface area contributed by atoms with E-state index in [-0.39, 0.29) is 18.3 Å². The highest BCUT2D eigenvalue weighted by molar-refractivity contribution is 6.12. The topological polar surface area (TPSA) is 79.8 Å². The highest BCUT2D eigenvalue weighted by atomic mass is 16.5. The van der Waals surface area contributed by atoms with E-state index in [0.717, 1.165) is 5.56 Å². The highest BCUT2D eigenvalue weighted by Gasteiger charge is 2.11. The Balaban J connectivity index is 2.22. The Morgan fingerprint density at radius 1 is 1.00 bits per heavy atom. The average molecular weight is 325 g/mol. The number of ether oxygens (including phenoxy) is 1. The SMILES string of the molecule is CCOC(=O)N/N=C(/NC(=O)c1ccccc1)c1ccc(C)cc1. The number of nitrogens with one attached hydrogen (secondary N) is 2. The van der Waals surface area contributed by atoms with Crippen molar-refractivity contribution in [1.29, 1.82) is 0 Å². The molecular formula is C18H19N3O3. The molecule has 0 spiro atoms. The fraction of sp³-hybridized carbons (Fsp3) is 0.167. The van der Waals surface area contributed by atoms with Gasteiger partial charge in [-0.05, 0) is 26.0 Å². The Labute approximate surface area is 140 Å². The summed E-state index contributed by atoms with van der Waals surface area (Å²) in [5.74, 6) is -0.0857. The van der Waals surface area contributed by atoms with Crippen molar-refractivity contribution < 1.29 is 14.3 Å². The van der Waals surface area contributed by atoms with Gasteiger partial charge < -0.3 is 10.1 Å². The predicted octanol–water partition coefficient (Wildman–Crippen LogP) is 2.83. The molecular weight excluding hydrogens is 306 g/mol. The summed E-state index contributed by atoms with van der Waals surface area (Å²) in [6, 6.07) is 16.2. The molecule has 0 aliphatic rings. The van der Waals surface area contributed by atoms with Gasteiger partial charge in [0, 0.05) is 11.1 Å². The van der Waals surface area contributed by atoms with Crippen molar-refractivity contribution in [3.63, 3.8) is 0 Å². The van der Waals surface area contributed by atoms with Gasteiger partial charge >= 0.3 is 6.09 Å². The Morgan fingerprint density at radius 3 is 2.29 bits per heavy atom. The predicted molar refractivity (Wildman–Crippen MR) is 91.8 cm³/mol. The summed E-state index contributed by atoms with van der Waals surface area (Å²) in [6.45, 7) is 3.89. The molecule has 0 saturated heterocycles. The third kappa shape index (κ3) is 4.95. The second-order valence-corrected chi connectivity index (χ2v) is 4.98. The normalized spacial score (nSPS) is 10.8. The van der Waals surface area contributed by atoms with Crippen LogP contribution in [0.1, 0.15) is 28.4 Å². The van der Waals surface area contributed by atoms with Gasteiger partial charge in [0.05, 0.1) is 6.61 Å². The number of carbonyl (C=O) groups excluding carboxylic acids is 2. The van der Waals surface area contributed by atoms with E-state index in [2.05, 4.69) is 15.8 Å². The van der Waals surface area contributed by atoms with Crippen LogP contribution in [-0.4, -0.2) is 24.4 Å². The molecule has 0 bridgehead atoms. The Kier molecular flexibility index (Phi) is 6.08. The van der Waals surface area contributed by atoms with E-state index in [9.17, 15) is 9.59 Å². The fourth-order valence-corrected chi connectivity index (χ4v) is 1.91. The number of aryl methyl sites for hydroxylation is 1.